The zero-order chi connectivity index (χ0) is 13.2. The molecule has 0 aliphatic rings. The van der Waals surface area contributed by atoms with Crippen molar-refractivity contribution in [2.24, 2.45) is 0 Å². The number of nitrogens with zero attached hydrogens (tertiary/aromatic N) is 1. The maximum absolute atomic E-state index is 12.3. The molecule has 0 amide bonds. The Labute approximate surface area is 120 Å². The Morgan fingerprint density at radius 2 is 2.17 bits per heavy atom. The van der Waals surface area contributed by atoms with E-state index >= 15 is 0 Å². The van der Waals surface area contributed by atoms with Gasteiger partial charge in [0, 0.05) is 23.8 Å². The first-order valence-electron chi connectivity index (χ1n) is 5.15. The van der Waals surface area contributed by atoms with E-state index in [1.807, 2.05) is 16.8 Å². The highest BCUT2D eigenvalue weighted by molar-refractivity contribution is 7.89. The molecule has 2 rings (SSSR count). The summed E-state index contributed by atoms with van der Waals surface area (Å²) >= 11 is 8.61. The van der Waals surface area contributed by atoms with Crippen LogP contribution in [-0.4, -0.2) is 19.8 Å². The highest BCUT2D eigenvalue weighted by Gasteiger charge is 2.22. The van der Waals surface area contributed by atoms with Gasteiger partial charge in [0.05, 0.1) is 10.8 Å². The molecule has 0 bridgehead atoms. The Balaban J connectivity index is 2.19. The van der Waals surface area contributed by atoms with Crippen LogP contribution >= 0.6 is 34.3 Å². The highest BCUT2D eigenvalue weighted by atomic mass is 35.5. The van der Waals surface area contributed by atoms with Gasteiger partial charge in [-0.2, -0.15) is 15.6 Å². The summed E-state index contributed by atoms with van der Waals surface area (Å²) in [5.74, 6) is 0.342. The number of sulfonamides is 1. The van der Waals surface area contributed by atoms with Crippen LogP contribution in [0.3, 0.4) is 0 Å². The Kier molecular flexibility index (Phi) is 4.45. The van der Waals surface area contributed by atoms with Crippen LogP contribution in [0.25, 0.3) is 0 Å². The van der Waals surface area contributed by atoms with Crippen LogP contribution in [0.15, 0.2) is 33.2 Å². The molecule has 0 spiro atoms. The van der Waals surface area contributed by atoms with Gasteiger partial charge in [0.15, 0.2) is 0 Å². The fourth-order valence-electron chi connectivity index (χ4n) is 1.47. The molecule has 0 unspecified atom stereocenters. The first kappa shape index (κ1) is 14.0. The van der Waals surface area contributed by atoms with Gasteiger partial charge in [-0.3, -0.25) is 0 Å². The Hall–Kier alpha value is -0.400. The van der Waals surface area contributed by atoms with Gasteiger partial charge in [0.2, 0.25) is 10.0 Å². The second-order valence-electron chi connectivity index (χ2n) is 3.78. The maximum atomic E-state index is 12.3. The number of hydrogen-bond acceptors (Lipinski definition) is 4. The summed E-state index contributed by atoms with van der Waals surface area (Å²) in [6, 6.07) is 3.56. The summed E-state index contributed by atoms with van der Waals surface area (Å²) in [6.07, 6.45) is 0. The molecular formula is C11H12ClNO2S3. The lowest BCUT2D eigenvalue weighted by Gasteiger charge is -2.15. The smallest absolute Gasteiger partial charge is 0.207 e. The molecule has 2 heterocycles. The van der Waals surface area contributed by atoms with E-state index in [1.54, 1.807) is 29.8 Å². The SMILES string of the molecule is CN(Cc1ccsc1)S(=O)(=O)c1csc(CCl)c1. The van der Waals surface area contributed by atoms with Crippen LogP contribution in [0.4, 0.5) is 0 Å². The van der Waals surface area contributed by atoms with E-state index in [0.29, 0.717) is 17.3 Å². The maximum Gasteiger partial charge on any atom is 0.243 e. The number of hydrogen-bond donors (Lipinski definition) is 0. The summed E-state index contributed by atoms with van der Waals surface area (Å²) in [6.45, 7) is 0.387. The van der Waals surface area contributed by atoms with Gasteiger partial charge in [0.25, 0.3) is 0 Å². The fraction of sp³-hybridized carbons (Fsp3) is 0.273. The van der Waals surface area contributed by atoms with Crippen molar-refractivity contribution in [1.82, 2.24) is 4.31 Å². The monoisotopic (exact) mass is 321 g/mol. The molecule has 0 atom stereocenters. The molecule has 0 fully saturated rings. The predicted molar refractivity (Wildman–Crippen MR) is 76.8 cm³/mol. The molecule has 0 aromatic carbocycles. The van der Waals surface area contributed by atoms with Crippen molar-refractivity contribution in [3.05, 3.63) is 38.7 Å². The predicted octanol–water partition coefficient (Wildman–Crippen LogP) is 3.37. The van der Waals surface area contributed by atoms with Crippen molar-refractivity contribution < 1.29 is 8.42 Å². The molecule has 0 aliphatic carbocycles. The fourth-order valence-corrected chi connectivity index (χ4v) is 4.67. The van der Waals surface area contributed by atoms with E-state index in [2.05, 4.69) is 0 Å². The Bertz CT molecular complexity index is 604. The standard InChI is InChI=1S/C11H12ClNO2S3/c1-13(6-9-2-3-16-7-9)18(14,15)11-4-10(5-12)17-8-11/h2-4,7-8H,5-6H2,1H3. The summed E-state index contributed by atoms with van der Waals surface area (Å²) in [5.41, 5.74) is 0.999. The van der Waals surface area contributed by atoms with Gasteiger partial charge in [0.1, 0.15) is 0 Å². The van der Waals surface area contributed by atoms with Crippen molar-refractivity contribution in [3.63, 3.8) is 0 Å². The third-order valence-electron chi connectivity index (χ3n) is 2.45. The molecule has 2 aromatic rings. The van der Waals surface area contributed by atoms with Crippen molar-refractivity contribution in [2.75, 3.05) is 7.05 Å². The summed E-state index contributed by atoms with van der Waals surface area (Å²) in [5, 5.41) is 5.52. The third kappa shape index (κ3) is 2.95. The van der Waals surface area contributed by atoms with Gasteiger partial charge in [-0.25, -0.2) is 8.42 Å². The average Bonchev–Trinajstić information content (AvgIpc) is 2.99. The molecule has 2 aromatic heterocycles. The molecule has 0 radical (unpaired) electrons. The first-order valence-corrected chi connectivity index (χ1v) is 8.94. The molecule has 3 nitrogen and oxygen atoms in total. The summed E-state index contributed by atoms with van der Waals surface area (Å²) < 4.78 is 25.9. The van der Waals surface area contributed by atoms with E-state index < -0.39 is 10.0 Å². The van der Waals surface area contributed by atoms with E-state index in [0.717, 1.165) is 10.4 Å². The van der Waals surface area contributed by atoms with Crippen LogP contribution in [-0.2, 0) is 22.4 Å². The molecular weight excluding hydrogens is 310 g/mol. The Morgan fingerprint density at radius 1 is 1.39 bits per heavy atom. The number of rotatable bonds is 5. The Morgan fingerprint density at radius 3 is 2.72 bits per heavy atom. The number of halogens is 1. The summed E-state index contributed by atoms with van der Waals surface area (Å²) in [4.78, 5) is 1.18. The lowest BCUT2D eigenvalue weighted by molar-refractivity contribution is 0.467. The minimum atomic E-state index is -3.41. The van der Waals surface area contributed by atoms with Crippen LogP contribution < -0.4 is 0 Å². The molecule has 0 saturated heterocycles. The van der Waals surface area contributed by atoms with Crippen LogP contribution in [0.1, 0.15) is 10.4 Å². The molecule has 98 valence electrons. The minimum absolute atomic E-state index is 0.320. The second-order valence-corrected chi connectivity index (χ2v) is 7.86. The quantitative estimate of drug-likeness (QED) is 0.792. The van der Waals surface area contributed by atoms with Crippen molar-refractivity contribution in [3.8, 4) is 0 Å². The lowest BCUT2D eigenvalue weighted by Crippen LogP contribution is -2.25. The van der Waals surface area contributed by atoms with Gasteiger partial charge in [-0.15, -0.1) is 22.9 Å². The van der Waals surface area contributed by atoms with Gasteiger partial charge in [-0.05, 0) is 28.5 Å². The summed E-state index contributed by atoms with van der Waals surface area (Å²) in [7, 11) is -1.83. The van der Waals surface area contributed by atoms with Crippen LogP contribution in [0, 0.1) is 0 Å². The van der Waals surface area contributed by atoms with Gasteiger partial charge >= 0.3 is 0 Å². The van der Waals surface area contributed by atoms with Crippen molar-refractivity contribution >= 4 is 44.3 Å². The van der Waals surface area contributed by atoms with E-state index in [-0.39, 0.29) is 0 Å². The molecule has 0 saturated carbocycles. The molecule has 18 heavy (non-hydrogen) atoms. The zero-order valence-corrected chi connectivity index (χ0v) is 12.9. The average molecular weight is 322 g/mol. The first-order chi connectivity index (χ1) is 8.54. The zero-order valence-electron chi connectivity index (χ0n) is 9.67. The topological polar surface area (TPSA) is 37.4 Å². The van der Waals surface area contributed by atoms with Gasteiger partial charge < -0.3 is 0 Å². The second kappa shape index (κ2) is 5.71. The normalized spacial score (nSPS) is 12.2. The molecule has 0 N–H and O–H groups in total. The van der Waals surface area contributed by atoms with Crippen LogP contribution in [0.5, 0.6) is 0 Å². The molecule has 0 aliphatic heterocycles. The van der Waals surface area contributed by atoms with E-state index in [1.165, 1.54) is 15.6 Å². The number of thiophene rings is 2. The largest absolute Gasteiger partial charge is 0.243 e. The molecule has 7 heteroatoms. The lowest BCUT2D eigenvalue weighted by atomic mass is 10.3. The van der Waals surface area contributed by atoms with E-state index in [4.69, 9.17) is 11.6 Å². The van der Waals surface area contributed by atoms with Crippen molar-refractivity contribution in [2.45, 2.75) is 17.3 Å². The van der Waals surface area contributed by atoms with Gasteiger partial charge in [-0.1, -0.05) is 0 Å². The van der Waals surface area contributed by atoms with E-state index in [9.17, 15) is 8.42 Å². The van der Waals surface area contributed by atoms with Crippen LogP contribution in [0.2, 0.25) is 0 Å². The number of alkyl halides is 1. The minimum Gasteiger partial charge on any atom is -0.207 e. The highest BCUT2D eigenvalue weighted by Crippen LogP contribution is 2.24. The van der Waals surface area contributed by atoms with Crippen molar-refractivity contribution in [1.29, 1.82) is 0 Å². The third-order valence-corrected chi connectivity index (χ3v) is 6.50.